The SMILES string of the molecule is CC1(C)CC1CNc1ccnc(Cl)c1. The van der Waals surface area contributed by atoms with E-state index in [-0.39, 0.29) is 0 Å². The number of nitrogens with zero attached hydrogens (tertiary/aromatic N) is 1. The Kier molecular flexibility index (Phi) is 2.40. The number of aromatic nitrogens is 1. The second-order valence-electron chi connectivity index (χ2n) is 4.64. The number of anilines is 1. The molecular weight excluding hydrogens is 196 g/mol. The summed E-state index contributed by atoms with van der Waals surface area (Å²) >= 11 is 5.78. The largest absolute Gasteiger partial charge is 0.385 e. The van der Waals surface area contributed by atoms with Gasteiger partial charge in [0.1, 0.15) is 5.15 Å². The topological polar surface area (TPSA) is 24.9 Å². The summed E-state index contributed by atoms with van der Waals surface area (Å²) in [6, 6.07) is 3.80. The molecule has 0 amide bonds. The van der Waals surface area contributed by atoms with Crippen molar-refractivity contribution in [2.75, 3.05) is 11.9 Å². The number of rotatable bonds is 3. The first-order chi connectivity index (χ1) is 6.58. The fourth-order valence-corrected chi connectivity index (χ4v) is 1.85. The normalized spacial score (nSPS) is 23.2. The maximum atomic E-state index is 5.78. The highest BCUT2D eigenvalue weighted by atomic mass is 35.5. The molecule has 1 aliphatic rings. The summed E-state index contributed by atoms with van der Waals surface area (Å²) in [6.45, 7) is 5.64. The molecule has 1 fully saturated rings. The molecule has 0 spiro atoms. The lowest BCUT2D eigenvalue weighted by molar-refractivity contribution is 0.573. The zero-order valence-corrected chi connectivity index (χ0v) is 9.30. The number of halogens is 1. The highest BCUT2D eigenvalue weighted by Crippen LogP contribution is 2.51. The fraction of sp³-hybridized carbons (Fsp3) is 0.545. The summed E-state index contributed by atoms with van der Waals surface area (Å²) in [5.41, 5.74) is 1.59. The molecule has 1 unspecified atom stereocenters. The molecule has 76 valence electrons. The summed E-state index contributed by atoms with van der Waals surface area (Å²) in [7, 11) is 0. The van der Waals surface area contributed by atoms with Crippen molar-refractivity contribution in [3.63, 3.8) is 0 Å². The van der Waals surface area contributed by atoms with E-state index in [9.17, 15) is 0 Å². The van der Waals surface area contributed by atoms with Gasteiger partial charge in [0.2, 0.25) is 0 Å². The summed E-state index contributed by atoms with van der Waals surface area (Å²) in [5, 5.41) is 3.92. The van der Waals surface area contributed by atoms with Crippen LogP contribution in [0.15, 0.2) is 18.3 Å². The molecule has 1 atom stereocenters. The molecule has 1 aromatic heterocycles. The predicted molar refractivity (Wildman–Crippen MR) is 59.6 cm³/mol. The Morgan fingerprint density at radius 2 is 2.36 bits per heavy atom. The third-order valence-corrected chi connectivity index (χ3v) is 3.20. The zero-order valence-electron chi connectivity index (χ0n) is 8.55. The first-order valence-electron chi connectivity index (χ1n) is 4.93. The Morgan fingerprint density at radius 3 is 2.93 bits per heavy atom. The molecule has 2 nitrogen and oxygen atoms in total. The molecule has 0 saturated heterocycles. The molecule has 1 heterocycles. The quantitative estimate of drug-likeness (QED) is 0.776. The van der Waals surface area contributed by atoms with E-state index >= 15 is 0 Å². The molecule has 1 aromatic rings. The van der Waals surface area contributed by atoms with Gasteiger partial charge >= 0.3 is 0 Å². The van der Waals surface area contributed by atoms with Crippen LogP contribution in [0.1, 0.15) is 20.3 Å². The van der Waals surface area contributed by atoms with Crippen LogP contribution in [0.25, 0.3) is 0 Å². The minimum Gasteiger partial charge on any atom is -0.385 e. The van der Waals surface area contributed by atoms with E-state index in [1.54, 1.807) is 6.20 Å². The van der Waals surface area contributed by atoms with Gasteiger partial charge in [0, 0.05) is 18.4 Å². The lowest BCUT2D eigenvalue weighted by Crippen LogP contribution is -2.07. The number of hydrogen-bond acceptors (Lipinski definition) is 2. The van der Waals surface area contributed by atoms with Crippen LogP contribution in [-0.4, -0.2) is 11.5 Å². The van der Waals surface area contributed by atoms with Crippen LogP contribution < -0.4 is 5.32 Å². The predicted octanol–water partition coefficient (Wildman–Crippen LogP) is 3.19. The average molecular weight is 211 g/mol. The van der Waals surface area contributed by atoms with Crippen LogP contribution in [0.3, 0.4) is 0 Å². The van der Waals surface area contributed by atoms with Gasteiger partial charge in [-0.1, -0.05) is 25.4 Å². The Balaban J connectivity index is 1.87. The van der Waals surface area contributed by atoms with Crippen molar-refractivity contribution in [3.8, 4) is 0 Å². The van der Waals surface area contributed by atoms with Gasteiger partial charge in [0.15, 0.2) is 0 Å². The van der Waals surface area contributed by atoms with Gasteiger partial charge in [0.05, 0.1) is 0 Å². The van der Waals surface area contributed by atoms with Gasteiger partial charge in [-0.25, -0.2) is 4.98 Å². The molecule has 1 N–H and O–H groups in total. The molecule has 0 aromatic carbocycles. The van der Waals surface area contributed by atoms with Gasteiger partial charge in [-0.2, -0.15) is 0 Å². The molecule has 14 heavy (non-hydrogen) atoms. The van der Waals surface area contributed by atoms with E-state index in [2.05, 4.69) is 24.1 Å². The second kappa shape index (κ2) is 3.43. The van der Waals surface area contributed by atoms with Crippen molar-refractivity contribution in [1.29, 1.82) is 0 Å². The van der Waals surface area contributed by atoms with E-state index in [0.717, 1.165) is 18.2 Å². The average Bonchev–Trinajstić information content (AvgIpc) is 2.71. The van der Waals surface area contributed by atoms with Crippen LogP contribution >= 0.6 is 11.6 Å². The monoisotopic (exact) mass is 210 g/mol. The van der Waals surface area contributed by atoms with Crippen LogP contribution in [-0.2, 0) is 0 Å². The lowest BCUT2D eigenvalue weighted by atomic mass is 10.1. The first-order valence-corrected chi connectivity index (χ1v) is 5.31. The number of pyridine rings is 1. The maximum Gasteiger partial charge on any atom is 0.131 e. The Morgan fingerprint density at radius 1 is 1.64 bits per heavy atom. The van der Waals surface area contributed by atoms with Crippen molar-refractivity contribution >= 4 is 17.3 Å². The minimum atomic E-state index is 0.532. The fourth-order valence-electron chi connectivity index (χ4n) is 1.68. The molecule has 2 rings (SSSR count). The number of hydrogen-bond donors (Lipinski definition) is 1. The molecule has 1 saturated carbocycles. The lowest BCUT2D eigenvalue weighted by Gasteiger charge is -2.07. The molecule has 1 aliphatic carbocycles. The standard InChI is InChI=1S/C11H15ClN2/c1-11(2)6-8(11)7-14-9-3-4-13-10(12)5-9/h3-5,8H,6-7H2,1-2H3,(H,13,14). The molecular formula is C11H15ClN2. The van der Waals surface area contributed by atoms with E-state index in [1.165, 1.54) is 6.42 Å². The van der Waals surface area contributed by atoms with Gasteiger partial charge < -0.3 is 5.32 Å². The van der Waals surface area contributed by atoms with Crippen LogP contribution in [0.4, 0.5) is 5.69 Å². The summed E-state index contributed by atoms with van der Waals surface area (Å²) < 4.78 is 0. The smallest absolute Gasteiger partial charge is 0.131 e. The van der Waals surface area contributed by atoms with Crippen molar-refractivity contribution in [2.24, 2.45) is 11.3 Å². The Labute approximate surface area is 89.7 Å². The van der Waals surface area contributed by atoms with Gasteiger partial charge in [0.25, 0.3) is 0 Å². The Bertz CT molecular complexity index is 336. The third-order valence-electron chi connectivity index (χ3n) is 3.00. The van der Waals surface area contributed by atoms with Gasteiger partial charge in [-0.3, -0.25) is 0 Å². The maximum absolute atomic E-state index is 5.78. The van der Waals surface area contributed by atoms with E-state index in [0.29, 0.717) is 10.6 Å². The second-order valence-corrected chi connectivity index (χ2v) is 5.03. The summed E-state index contributed by atoms with van der Waals surface area (Å²) in [4.78, 5) is 3.94. The molecule has 0 aliphatic heterocycles. The van der Waals surface area contributed by atoms with Crippen LogP contribution in [0.5, 0.6) is 0 Å². The van der Waals surface area contributed by atoms with Crippen LogP contribution in [0, 0.1) is 11.3 Å². The van der Waals surface area contributed by atoms with E-state index < -0.39 is 0 Å². The third kappa shape index (κ3) is 2.18. The highest BCUT2D eigenvalue weighted by Gasteiger charge is 2.44. The molecule has 3 heteroatoms. The summed E-state index contributed by atoms with van der Waals surface area (Å²) in [5.74, 6) is 0.800. The zero-order chi connectivity index (χ0) is 10.2. The highest BCUT2D eigenvalue weighted by molar-refractivity contribution is 6.29. The van der Waals surface area contributed by atoms with Crippen molar-refractivity contribution in [1.82, 2.24) is 4.98 Å². The Hall–Kier alpha value is -0.760. The van der Waals surface area contributed by atoms with Gasteiger partial charge in [-0.15, -0.1) is 0 Å². The molecule has 0 bridgehead atoms. The van der Waals surface area contributed by atoms with Crippen molar-refractivity contribution in [3.05, 3.63) is 23.5 Å². The van der Waals surface area contributed by atoms with Crippen molar-refractivity contribution in [2.45, 2.75) is 20.3 Å². The van der Waals surface area contributed by atoms with E-state index in [4.69, 9.17) is 11.6 Å². The molecule has 0 radical (unpaired) electrons. The number of nitrogens with one attached hydrogen (secondary N) is 1. The first kappa shape index (κ1) is 9.78. The van der Waals surface area contributed by atoms with Gasteiger partial charge in [-0.05, 0) is 29.9 Å². The van der Waals surface area contributed by atoms with E-state index in [1.807, 2.05) is 12.1 Å². The van der Waals surface area contributed by atoms with Crippen LogP contribution in [0.2, 0.25) is 5.15 Å². The summed E-state index contributed by atoms with van der Waals surface area (Å²) in [6.07, 6.45) is 3.04. The van der Waals surface area contributed by atoms with Crippen molar-refractivity contribution < 1.29 is 0 Å². The minimum absolute atomic E-state index is 0.532.